The minimum Gasteiger partial charge on any atom is -0.295 e. The monoisotopic (exact) mass is 281 g/mol. The number of hydrogen-bond donors (Lipinski definition) is 0. The summed E-state index contributed by atoms with van der Waals surface area (Å²) in [7, 11) is 0. The zero-order valence-electron chi connectivity index (χ0n) is 13.0. The van der Waals surface area contributed by atoms with Crippen molar-refractivity contribution < 1.29 is 0 Å². The van der Waals surface area contributed by atoms with E-state index in [1.54, 1.807) is 0 Å². The number of benzene rings is 1. The lowest BCUT2D eigenvalue weighted by molar-refractivity contribution is 0.219. The molecule has 1 aromatic rings. The summed E-state index contributed by atoms with van der Waals surface area (Å²) >= 11 is 0. The average molecular weight is 281 g/mol. The quantitative estimate of drug-likeness (QED) is 0.577. The first-order chi connectivity index (χ1) is 10.3. The fourth-order valence-corrected chi connectivity index (χ4v) is 2.80. The Morgan fingerprint density at radius 3 is 2.52 bits per heavy atom. The maximum absolute atomic E-state index is 3.92. The zero-order valence-corrected chi connectivity index (χ0v) is 13.0. The molecule has 21 heavy (non-hydrogen) atoms. The lowest BCUT2D eigenvalue weighted by Crippen LogP contribution is -2.29. The van der Waals surface area contributed by atoms with Crippen LogP contribution in [0.5, 0.6) is 0 Å². The molecule has 1 saturated carbocycles. The summed E-state index contributed by atoms with van der Waals surface area (Å²) in [6.45, 7) is 10.8. The van der Waals surface area contributed by atoms with Gasteiger partial charge in [0.15, 0.2) is 0 Å². The Bertz CT molecular complexity index is 468. The van der Waals surface area contributed by atoms with Gasteiger partial charge in [-0.05, 0) is 30.0 Å². The molecule has 1 fully saturated rings. The van der Waals surface area contributed by atoms with E-state index < -0.39 is 0 Å². The van der Waals surface area contributed by atoms with E-state index in [0.29, 0.717) is 0 Å². The summed E-state index contributed by atoms with van der Waals surface area (Å²) in [5, 5.41) is 0. The van der Waals surface area contributed by atoms with Crippen molar-refractivity contribution in [2.24, 2.45) is 5.92 Å². The summed E-state index contributed by atoms with van der Waals surface area (Å²) in [6.07, 6.45) is 11.5. The minimum absolute atomic E-state index is 0.955. The van der Waals surface area contributed by atoms with Crippen molar-refractivity contribution in [2.45, 2.75) is 32.2 Å². The van der Waals surface area contributed by atoms with Crippen LogP contribution in [0.4, 0.5) is 0 Å². The van der Waals surface area contributed by atoms with Crippen LogP contribution in [0, 0.1) is 5.92 Å². The molecule has 0 aliphatic heterocycles. The first-order valence-corrected chi connectivity index (χ1v) is 8.02. The SMILES string of the molecule is C=C/C=C(\C=C)CN(CCC1CCC1)Cc1ccccc1. The second-order valence-corrected chi connectivity index (χ2v) is 5.96. The van der Waals surface area contributed by atoms with Gasteiger partial charge >= 0.3 is 0 Å². The van der Waals surface area contributed by atoms with Crippen LogP contribution in [0.15, 0.2) is 67.3 Å². The van der Waals surface area contributed by atoms with Crippen molar-refractivity contribution in [2.75, 3.05) is 13.1 Å². The van der Waals surface area contributed by atoms with E-state index in [1.165, 1.54) is 43.4 Å². The van der Waals surface area contributed by atoms with E-state index >= 15 is 0 Å². The van der Waals surface area contributed by atoms with Crippen LogP contribution in [0.2, 0.25) is 0 Å². The highest BCUT2D eigenvalue weighted by molar-refractivity contribution is 5.23. The Morgan fingerprint density at radius 2 is 1.95 bits per heavy atom. The van der Waals surface area contributed by atoms with Gasteiger partial charge in [-0.25, -0.2) is 0 Å². The largest absolute Gasteiger partial charge is 0.295 e. The van der Waals surface area contributed by atoms with Gasteiger partial charge in [-0.1, -0.05) is 81.0 Å². The third kappa shape index (κ3) is 5.35. The van der Waals surface area contributed by atoms with Crippen molar-refractivity contribution in [3.05, 3.63) is 72.9 Å². The Hall–Kier alpha value is -1.60. The van der Waals surface area contributed by atoms with Crippen LogP contribution < -0.4 is 0 Å². The molecule has 1 aliphatic rings. The van der Waals surface area contributed by atoms with Crippen molar-refractivity contribution >= 4 is 0 Å². The van der Waals surface area contributed by atoms with Gasteiger partial charge in [-0.3, -0.25) is 4.90 Å². The molecule has 0 atom stereocenters. The molecule has 0 radical (unpaired) electrons. The fraction of sp³-hybridized carbons (Fsp3) is 0.400. The molecule has 0 saturated heterocycles. The van der Waals surface area contributed by atoms with Gasteiger partial charge in [0.2, 0.25) is 0 Å². The highest BCUT2D eigenvalue weighted by Gasteiger charge is 2.18. The minimum atomic E-state index is 0.955. The van der Waals surface area contributed by atoms with Gasteiger partial charge < -0.3 is 0 Å². The molecule has 0 unspecified atom stereocenters. The van der Waals surface area contributed by atoms with Gasteiger partial charge in [0, 0.05) is 13.1 Å². The van der Waals surface area contributed by atoms with Crippen molar-refractivity contribution in [3.63, 3.8) is 0 Å². The maximum Gasteiger partial charge on any atom is 0.0237 e. The summed E-state index contributed by atoms with van der Waals surface area (Å²) in [5.74, 6) is 0.957. The van der Waals surface area contributed by atoms with Crippen LogP contribution >= 0.6 is 0 Å². The first kappa shape index (κ1) is 15.8. The standard InChI is InChI=1S/C20H27N/c1-3-9-18(4-2)16-21(15-14-19-12-8-13-19)17-20-10-6-5-7-11-20/h3-7,9-11,19H,1-2,8,12-17H2/b18-9+. The van der Waals surface area contributed by atoms with Gasteiger partial charge in [0.05, 0.1) is 0 Å². The summed E-state index contributed by atoms with van der Waals surface area (Å²) in [6, 6.07) is 10.7. The second kappa shape index (κ2) is 8.63. The van der Waals surface area contributed by atoms with Crippen molar-refractivity contribution in [1.29, 1.82) is 0 Å². The smallest absolute Gasteiger partial charge is 0.0237 e. The van der Waals surface area contributed by atoms with Gasteiger partial charge in [-0.2, -0.15) is 0 Å². The Labute approximate surface area is 129 Å². The van der Waals surface area contributed by atoms with E-state index in [4.69, 9.17) is 0 Å². The molecule has 1 nitrogen and oxygen atoms in total. The molecule has 0 amide bonds. The van der Waals surface area contributed by atoms with Crippen LogP contribution in [-0.4, -0.2) is 18.0 Å². The van der Waals surface area contributed by atoms with Crippen LogP contribution in [-0.2, 0) is 6.54 Å². The lowest BCUT2D eigenvalue weighted by atomic mass is 9.83. The summed E-state index contributed by atoms with van der Waals surface area (Å²) in [5.41, 5.74) is 2.63. The average Bonchev–Trinajstić information content (AvgIpc) is 2.46. The topological polar surface area (TPSA) is 3.24 Å². The molecular formula is C20H27N. The highest BCUT2D eigenvalue weighted by Crippen LogP contribution is 2.29. The van der Waals surface area contributed by atoms with Crippen LogP contribution in [0.1, 0.15) is 31.2 Å². The third-order valence-corrected chi connectivity index (χ3v) is 4.33. The lowest BCUT2D eigenvalue weighted by Gasteiger charge is -2.29. The predicted molar refractivity (Wildman–Crippen MR) is 92.2 cm³/mol. The summed E-state index contributed by atoms with van der Waals surface area (Å²) < 4.78 is 0. The Kier molecular flexibility index (Phi) is 6.49. The molecule has 0 heterocycles. The zero-order chi connectivity index (χ0) is 14.9. The third-order valence-electron chi connectivity index (χ3n) is 4.33. The number of hydrogen-bond acceptors (Lipinski definition) is 1. The second-order valence-electron chi connectivity index (χ2n) is 5.96. The predicted octanol–water partition coefficient (Wildman–Crippen LogP) is 4.98. The van der Waals surface area contributed by atoms with E-state index in [2.05, 4.69) is 54.5 Å². The molecule has 2 rings (SSSR count). The van der Waals surface area contributed by atoms with Crippen molar-refractivity contribution in [1.82, 2.24) is 4.90 Å². The van der Waals surface area contributed by atoms with Crippen LogP contribution in [0.3, 0.4) is 0 Å². The van der Waals surface area contributed by atoms with Gasteiger partial charge in [-0.15, -0.1) is 0 Å². The van der Waals surface area contributed by atoms with E-state index in [1.807, 2.05) is 12.2 Å². The van der Waals surface area contributed by atoms with Gasteiger partial charge in [0.25, 0.3) is 0 Å². The number of nitrogens with zero attached hydrogens (tertiary/aromatic N) is 1. The molecule has 1 heteroatoms. The molecule has 0 N–H and O–H groups in total. The molecule has 112 valence electrons. The molecule has 1 aromatic carbocycles. The number of allylic oxidation sites excluding steroid dienone is 2. The van der Waals surface area contributed by atoms with E-state index in [-0.39, 0.29) is 0 Å². The van der Waals surface area contributed by atoms with E-state index in [9.17, 15) is 0 Å². The Balaban J connectivity index is 1.96. The van der Waals surface area contributed by atoms with Crippen LogP contribution in [0.25, 0.3) is 0 Å². The summed E-state index contributed by atoms with van der Waals surface area (Å²) in [4.78, 5) is 2.53. The molecule has 0 aromatic heterocycles. The molecule has 0 spiro atoms. The molecule has 0 bridgehead atoms. The molecular weight excluding hydrogens is 254 g/mol. The van der Waals surface area contributed by atoms with E-state index in [0.717, 1.165) is 19.0 Å². The Morgan fingerprint density at radius 1 is 1.19 bits per heavy atom. The number of rotatable bonds is 9. The van der Waals surface area contributed by atoms with Gasteiger partial charge in [0.1, 0.15) is 0 Å². The first-order valence-electron chi connectivity index (χ1n) is 8.02. The highest BCUT2D eigenvalue weighted by atomic mass is 15.1. The van der Waals surface area contributed by atoms with Crippen molar-refractivity contribution in [3.8, 4) is 0 Å². The fourth-order valence-electron chi connectivity index (χ4n) is 2.80. The normalized spacial score (nSPS) is 15.8. The maximum atomic E-state index is 3.92. The molecule has 1 aliphatic carbocycles.